The van der Waals surface area contributed by atoms with Crippen LogP contribution < -0.4 is 0 Å². The Morgan fingerprint density at radius 3 is 1.72 bits per heavy atom. The third-order valence-corrected chi connectivity index (χ3v) is 3.55. The van der Waals surface area contributed by atoms with Gasteiger partial charge in [-0.2, -0.15) is 0 Å². The summed E-state index contributed by atoms with van der Waals surface area (Å²) in [5, 5.41) is 0. The van der Waals surface area contributed by atoms with Crippen LogP contribution in [-0.4, -0.2) is 0 Å². The van der Waals surface area contributed by atoms with E-state index in [9.17, 15) is 0 Å². The van der Waals surface area contributed by atoms with E-state index in [-0.39, 0.29) is 0 Å². The summed E-state index contributed by atoms with van der Waals surface area (Å²) in [7, 11) is 0. The second-order valence-corrected chi connectivity index (χ2v) is 5.35. The molecule has 0 aliphatic heterocycles. The summed E-state index contributed by atoms with van der Waals surface area (Å²) in [6, 6.07) is 17.4. The lowest BCUT2D eigenvalue weighted by molar-refractivity contribution is 0.958. The van der Waals surface area contributed by atoms with Gasteiger partial charge in [0.25, 0.3) is 0 Å². The largest absolute Gasteiger partial charge is 0.103 e. The SMILES string of the molecule is C=CCc1ccc(CCc2ccc(Br)cc2)cc1. The summed E-state index contributed by atoms with van der Waals surface area (Å²) < 4.78 is 1.14. The van der Waals surface area contributed by atoms with Crippen LogP contribution in [0.4, 0.5) is 0 Å². The van der Waals surface area contributed by atoms with Gasteiger partial charge in [-0.15, -0.1) is 6.58 Å². The standard InChI is InChI=1S/C17H17Br/c1-2-3-14-4-6-15(7-5-14)8-9-16-10-12-17(18)13-11-16/h2,4-7,10-13H,1,3,8-9H2. The van der Waals surface area contributed by atoms with E-state index < -0.39 is 0 Å². The monoisotopic (exact) mass is 300 g/mol. The first kappa shape index (κ1) is 13.1. The maximum absolute atomic E-state index is 3.76. The van der Waals surface area contributed by atoms with Crippen LogP contribution >= 0.6 is 15.9 Å². The van der Waals surface area contributed by atoms with Gasteiger partial charge in [-0.1, -0.05) is 58.4 Å². The van der Waals surface area contributed by atoms with Gasteiger partial charge in [-0.25, -0.2) is 0 Å². The molecule has 18 heavy (non-hydrogen) atoms. The maximum atomic E-state index is 3.76. The Morgan fingerprint density at radius 1 is 0.778 bits per heavy atom. The molecule has 0 saturated carbocycles. The molecular weight excluding hydrogens is 284 g/mol. The first-order valence-corrected chi connectivity index (χ1v) is 7.00. The van der Waals surface area contributed by atoms with E-state index in [0.717, 1.165) is 23.7 Å². The number of hydrogen-bond acceptors (Lipinski definition) is 0. The summed E-state index contributed by atoms with van der Waals surface area (Å²) in [5.41, 5.74) is 4.11. The summed E-state index contributed by atoms with van der Waals surface area (Å²) in [6.45, 7) is 3.76. The molecule has 0 radical (unpaired) electrons. The molecule has 0 N–H and O–H groups in total. The van der Waals surface area contributed by atoms with Crippen LogP contribution in [0.15, 0.2) is 65.7 Å². The average molecular weight is 301 g/mol. The van der Waals surface area contributed by atoms with Gasteiger partial charge in [0.2, 0.25) is 0 Å². The smallest absolute Gasteiger partial charge is 0.0175 e. The lowest BCUT2D eigenvalue weighted by Gasteiger charge is -2.04. The third-order valence-electron chi connectivity index (χ3n) is 3.02. The lowest BCUT2D eigenvalue weighted by atomic mass is 10.0. The Balaban J connectivity index is 1.93. The molecule has 0 saturated heterocycles. The quantitative estimate of drug-likeness (QED) is 0.685. The highest BCUT2D eigenvalue weighted by atomic mass is 79.9. The molecule has 0 spiro atoms. The first-order valence-electron chi connectivity index (χ1n) is 6.21. The maximum Gasteiger partial charge on any atom is 0.0175 e. The van der Waals surface area contributed by atoms with Crippen LogP contribution in [0.3, 0.4) is 0 Å². The predicted molar refractivity (Wildman–Crippen MR) is 81.9 cm³/mol. The molecule has 0 heterocycles. The third kappa shape index (κ3) is 3.85. The molecule has 0 aromatic heterocycles. The van der Waals surface area contributed by atoms with Crippen molar-refractivity contribution < 1.29 is 0 Å². The Kier molecular flexibility index (Phi) is 4.77. The van der Waals surface area contributed by atoms with E-state index in [1.807, 2.05) is 6.08 Å². The van der Waals surface area contributed by atoms with Gasteiger partial charge >= 0.3 is 0 Å². The Labute approximate surface area is 117 Å². The fourth-order valence-electron chi connectivity index (χ4n) is 1.95. The minimum absolute atomic E-state index is 0.951. The van der Waals surface area contributed by atoms with Crippen LogP contribution in [0.2, 0.25) is 0 Å². The van der Waals surface area contributed by atoms with Crippen molar-refractivity contribution in [1.82, 2.24) is 0 Å². The molecule has 1 heteroatoms. The lowest BCUT2D eigenvalue weighted by Crippen LogP contribution is -1.91. The Bertz CT molecular complexity index is 494. The zero-order valence-electron chi connectivity index (χ0n) is 10.4. The first-order chi connectivity index (χ1) is 8.78. The minimum Gasteiger partial charge on any atom is -0.103 e. The highest BCUT2D eigenvalue weighted by Crippen LogP contribution is 2.13. The van der Waals surface area contributed by atoms with Crippen molar-refractivity contribution in [2.45, 2.75) is 19.3 Å². The van der Waals surface area contributed by atoms with Crippen molar-refractivity contribution >= 4 is 15.9 Å². The van der Waals surface area contributed by atoms with Gasteiger partial charge in [0.05, 0.1) is 0 Å². The second-order valence-electron chi connectivity index (χ2n) is 4.44. The van der Waals surface area contributed by atoms with E-state index in [1.54, 1.807) is 0 Å². The number of rotatable bonds is 5. The van der Waals surface area contributed by atoms with E-state index in [4.69, 9.17) is 0 Å². The highest BCUT2D eigenvalue weighted by Gasteiger charge is 1.97. The zero-order chi connectivity index (χ0) is 12.8. The van der Waals surface area contributed by atoms with Gasteiger partial charge < -0.3 is 0 Å². The van der Waals surface area contributed by atoms with Crippen molar-refractivity contribution in [3.05, 3.63) is 82.3 Å². The number of benzene rings is 2. The normalized spacial score (nSPS) is 10.3. The van der Waals surface area contributed by atoms with Gasteiger partial charge in [0.1, 0.15) is 0 Å². The van der Waals surface area contributed by atoms with Crippen LogP contribution in [0.1, 0.15) is 16.7 Å². The molecule has 92 valence electrons. The van der Waals surface area contributed by atoms with Crippen molar-refractivity contribution in [3.8, 4) is 0 Å². The fourth-order valence-corrected chi connectivity index (χ4v) is 2.21. The fraction of sp³-hybridized carbons (Fsp3) is 0.176. The van der Waals surface area contributed by atoms with Crippen molar-refractivity contribution in [2.75, 3.05) is 0 Å². The molecule has 0 amide bonds. The molecule has 0 fully saturated rings. The predicted octanol–water partition coefficient (Wildman–Crippen LogP) is 4.96. The number of aryl methyl sites for hydroxylation is 2. The Morgan fingerprint density at radius 2 is 1.22 bits per heavy atom. The van der Waals surface area contributed by atoms with Gasteiger partial charge in [0, 0.05) is 4.47 Å². The molecule has 2 aromatic carbocycles. The molecule has 2 rings (SSSR count). The molecule has 0 nitrogen and oxygen atoms in total. The van der Waals surface area contributed by atoms with Crippen molar-refractivity contribution in [2.24, 2.45) is 0 Å². The average Bonchev–Trinajstić information content (AvgIpc) is 2.40. The van der Waals surface area contributed by atoms with Crippen LogP contribution in [0, 0.1) is 0 Å². The molecule has 0 unspecified atom stereocenters. The molecule has 0 aliphatic rings. The molecule has 0 bridgehead atoms. The summed E-state index contributed by atoms with van der Waals surface area (Å²) >= 11 is 3.46. The number of allylic oxidation sites excluding steroid dienone is 1. The second kappa shape index (κ2) is 6.55. The van der Waals surface area contributed by atoms with E-state index in [1.165, 1.54) is 16.7 Å². The van der Waals surface area contributed by atoms with Crippen LogP contribution in [0.25, 0.3) is 0 Å². The number of halogens is 1. The van der Waals surface area contributed by atoms with E-state index >= 15 is 0 Å². The van der Waals surface area contributed by atoms with Gasteiger partial charge in [-0.05, 0) is 48.1 Å². The van der Waals surface area contributed by atoms with Gasteiger partial charge in [-0.3, -0.25) is 0 Å². The van der Waals surface area contributed by atoms with Crippen molar-refractivity contribution in [3.63, 3.8) is 0 Å². The summed E-state index contributed by atoms with van der Waals surface area (Å²) in [5.74, 6) is 0. The number of hydrogen-bond donors (Lipinski definition) is 0. The van der Waals surface area contributed by atoms with Crippen LogP contribution in [0.5, 0.6) is 0 Å². The minimum atomic E-state index is 0.951. The molecule has 0 atom stereocenters. The molecular formula is C17H17Br. The van der Waals surface area contributed by atoms with Crippen LogP contribution in [-0.2, 0) is 19.3 Å². The summed E-state index contributed by atoms with van der Waals surface area (Å²) in [4.78, 5) is 0. The van der Waals surface area contributed by atoms with E-state index in [2.05, 4.69) is 71.0 Å². The zero-order valence-corrected chi connectivity index (χ0v) is 12.0. The van der Waals surface area contributed by atoms with Gasteiger partial charge in [0.15, 0.2) is 0 Å². The van der Waals surface area contributed by atoms with E-state index in [0.29, 0.717) is 0 Å². The van der Waals surface area contributed by atoms with Crippen molar-refractivity contribution in [1.29, 1.82) is 0 Å². The molecule has 2 aromatic rings. The topological polar surface area (TPSA) is 0 Å². The highest BCUT2D eigenvalue weighted by molar-refractivity contribution is 9.10. The summed E-state index contributed by atoms with van der Waals surface area (Å²) in [6.07, 6.45) is 5.08. The Hall–Kier alpha value is -1.34. The molecule has 0 aliphatic carbocycles.